The van der Waals surface area contributed by atoms with Crippen molar-refractivity contribution in [2.75, 3.05) is 0 Å². The molecule has 0 aliphatic heterocycles. The molecule has 0 fully saturated rings. The maximum absolute atomic E-state index is 5.20. The molecule has 0 saturated heterocycles. The molecule has 0 N–H and O–H groups in total. The number of benzene rings is 6. The van der Waals surface area contributed by atoms with Gasteiger partial charge in [0.1, 0.15) is 0 Å². The molecule has 9 aromatic rings. The Bertz CT molecular complexity index is 2680. The van der Waals surface area contributed by atoms with E-state index in [-0.39, 0.29) is 5.41 Å². The number of rotatable bonds is 4. The number of imidazole rings is 2. The fourth-order valence-electron chi connectivity index (χ4n) is 7.72. The topological polar surface area (TPSA) is 48.0 Å². The summed E-state index contributed by atoms with van der Waals surface area (Å²) in [6.45, 7) is 4.65. The molecule has 3 aromatic heterocycles. The van der Waals surface area contributed by atoms with Gasteiger partial charge in [0.15, 0.2) is 0 Å². The fourth-order valence-corrected chi connectivity index (χ4v) is 7.72. The van der Waals surface area contributed by atoms with Crippen LogP contribution in [0.1, 0.15) is 25.0 Å². The van der Waals surface area contributed by atoms with Gasteiger partial charge in [-0.25, -0.2) is 19.5 Å². The minimum Gasteiger partial charge on any atom is -0.276 e. The molecule has 5 heteroatoms. The van der Waals surface area contributed by atoms with Crippen molar-refractivity contribution in [3.8, 4) is 50.7 Å². The molecule has 0 atom stereocenters. The van der Waals surface area contributed by atoms with Crippen molar-refractivity contribution in [3.05, 3.63) is 163 Å². The molecule has 0 bridgehead atoms. The van der Waals surface area contributed by atoms with Crippen LogP contribution >= 0.6 is 0 Å². The standard InChI is InChI=1S/C44H31N5/c1-44(2)34-18-10-9-17-32(34)33-25-30(21-23-35(33)44)31-22-24-40-41(26-31)48-39-20-12-11-19-36(39)47-43(48)49(40)42-45-37(28-13-5-3-6-14-28)27-38(46-42)29-15-7-4-8-16-29/h3-27H,1-2H3. The molecular formula is C44H31N5. The van der Waals surface area contributed by atoms with Crippen LogP contribution in [-0.4, -0.2) is 23.9 Å². The largest absolute Gasteiger partial charge is 0.276 e. The molecule has 6 aromatic carbocycles. The number of fused-ring (bicyclic) bond motifs is 8. The van der Waals surface area contributed by atoms with Gasteiger partial charge in [-0.1, -0.05) is 129 Å². The van der Waals surface area contributed by atoms with Crippen LogP contribution in [0.15, 0.2) is 152 Å². The van der Waals surface area contributed by atoms with Crippen molar-refractivity contribution < 1.29 is 0 Å². The molecule has 0 amide bonds. The van der Waals surface area contributed by atoms with Crippen LogP contribution in [-0.2, 0) is 5.41 Å². The molecule has 49 heavy (non-hydrogen) atoms. The van der Waals surface area contributed by atoms with Crippen LogP contribution in [0.3, 0.4) is 0 Å². The van der Waals surface area contributed by atoms with Crippen molar-refractivity contribution in [3.63, 3.8) is 0 Å². The van der Waals surface area contributed by atoms with Gasteiger partial charge in [0.2, 0.25) is 11.7 Å². The highest BCUT2D eigenvalue weighted by atomic mass is 15.3. The summed E-state index contributed by atoms with van der Waals surface area (Å²) in [4.78, 5) is 15.6. The molecule has 3 heterocycles. The van der Waals surface area contributed by atoms with E-state index in [0.29, 0.717) is 5.95 Å². The SMILES string of the molecule is CC1(C)c2ccccc2-c2cc(-c3ccc4c(c3)n3c5ccccc5nc3n4-c3nc(-c4ccccc4)cc(-c4ccccc4)n3)ccc21. The van der Waals surface area contributed by atoms with E-state index < -0.39 is 0 Å². The van der Waals surface area contributed by atoms with E-state index in [0.717, 1.165) is 55.9 Å². The number of nitrogens with zero attached hydrogens (tertiary/aromatic N) is 5. The maximum atomic E-state index is 5.20. The van der Waals surface area contributed by atoms with E-state index in [1.165, 1.54) is 27.8 Å². The van der Waals surface area contributed by atoms with E-state index >= 15 is 0 Å². The minimum atomic E-state index is -0.0274. The van der Waals surface area contributed by atoms with Gasteiger partial charge in [-0.15, -0.1) is 0 Å². The van der Waals surface area contributed by atoms with Crippen molar-refractivity contribution >= 4 is 27.8 Å². The highest BCUT2D eigenvalue weighted by molar-refractivity contribution is 5.94. The fraction of sp³-hybridized carbons (Fsp3) is 0.0682. The Labute approximate surface area is 283 Å². The summed E-state index contributed by atoms with van der Waals surface area (Å²) in [7, 11) is 0. The van der Waals surface area contributed by atoms with Crippen LogP contribution < -0.4 is 0 Å². The summed E-state index contributed by atoms with van der Waals surface area (Å²) in [5.74, 6) is 1.36. The van der Waals surface area contributed by atoms with Crippen molar-refractivity contribution in [2.24, 2.45) is 0 Å². The maximum Gasteiger partial charge on any atom is 0.238 e. The summed E-state index contributed by atoms with van der Waals surface area (Å²) in [5.41, 5.74) is 15.5. The van der Waals surface area contributed by atoms with Gasteiger partial charge in [-0.05, 0) is 69.8 Å². The molecule has 232 valence electrons. The van der Waals surface area contributed by atoms with Gasteiger partial charge >= 0.3 is 0 Å². The average molecular weight is 630 g/mol. The third-order valence-electron chi connectivity index (χ3n) is 10.2. The number of hydrogen-bond donors (Lipinski definition) is 0. The van der Waals surface area contributed by atoms with Gasteiger partial charge in [-0.2, -0.15) is 0 Å². The van der Waals surface area contributed by atoms with Crippen LogP contribution in [0.25, 0.3) is 78.6 Å². The summed E-state index contributed by atoms with van der Waals surface area (Å²) in [6, 6.07) is 53.5. The lowest BCUT2D eigenvalue weighted by molar-refractivity contribution is 0.660. The van der Waals surface area contributed by atoms with Crippen molar-refractivity contribution in [1.29, 1.82) is 0 Å². The smallest absolute Gasteiger partial charge is 0.238 e. The lowest BCUT2D eigenvalue weighted by atomic mass is 9.82. The van der Waals surface area contributed by atoms with Gasteiger partial charge in [0, 0.05) is 16.5 Å². The van der Waals surface area contributed by atoms with E-state index in [1.807, 2.05) is 42.5 Å². The minimum absolute atomic E-state index is 0.0274. The number of para-hydroxylation sites is 2. The summed E-state index contributed by atoms with van der Waals surface area (Å²) < 4.78 is 4.36. The average Bonchev–Trinajstić information content (AvgIpc) is 3.76. The predicted molar refractivity (Wildman–Crippen MR) is 199 cm³/mol. The lowest BCUT2D eigenvalue weighted by Crippen LogP contribution is -2.14. The van der Waals surface area contributed by atoms with Crippen LogP contribution in [0.2, 0.25) is 0 Å². The number of aromatic nitrogens is 5. The third kappa shape index (κ3) is 4.15. The Kier molecular flexibility index (Phi) is 5.85. The second-order valence-corrected chi connectivity index (χ2v) is 13.4. The monoisotopic (exact) mass is 629 g/mol. The molecule has 0 unspecified atom stereocenters. The highest BCUT2D eigenvalue weighted by Crippen LogP contribution is 2.49. The van der Waals surface area contributed by atoms with E-state index in [2.05, 4.69) is 132 Å². The summed E-state index contributed by atoms with van der Waals surface area (Å²) in [6.07, 6.45) is 0. The van der Waals surface area contributed by atoms with Crippen LogP contribution in [0, 0.1) is 0 Å². The molecule has 0 spiro atoms. The molecule has 0 radical (unpaired) electrons. The second-order valence-electron chi connectivity index (χ2n) is 13.4. The Hall–Kier alpha value is -6.33. The van der Waals surface area contributed by atoms with Crippen LogP contribution in [0.4, 0.5) is 0 Å². The quantitative estimate of drug-likeness (QED) is 0.195. The first kappa shape index (κ1) is 27.8. The zero-order valence-corrected chi connectivity index (χ0v) is 27.2. The number of hydrogen-bond acceptors (Lipinski definition) is 3. The summed E-state index contributed by atoms with van der Waals surface area (Å²) in [5, 5.41) is 0. The molecule has 5 nitrogen and oxygen atoms in total. The van der Waals surface area contributed by atoms with Gasteiger partial charge < -0.3 is 0 Å². The first-order valence-electron chi connectivity index (χ1n) is 16.7. The molecule has 1 aliphatic carbocycles. The summed E-state index contributed by atoms with van der Waals surface area (Å²) >= 11 is 0. The Morgan fingerprint density at radius 3 is 1.82 bits per heavy atom. The lowest BCUT2D eigenvalue weighted by Gasteiger charge is -2.21. The Balaban J connectivity index is 1.22. The third-order valence-corrected chi connectivity index (χ3v) is 10.2. The van der Waals surface area contributed by atoms with Crippen molar-refractivity contribution in [1.82, 2.24) is 23.9 Å². The van der Waals surface area contributed by atoms with Gasteiger partial charge in [0.25, 0.3) is 0 Å². The molecular weight excluding hydrogens is 599 g/mol. The molecule has 1 aliphatic rings. The highest BCUT2D eigenvalue weighted by Gasteiger charge is 2.35. The van der Waals surface area contributed by atoms with Gasteiger partial charge in [0.05, 0.1) is 33.5 Å². The zero-order chi connectivity index (χ0) is 32.7. The van der Waals surface area contributed by atoms with Gasteiger partial charge in [-0.3, -0.25) is 4.40 Å². The molecule has 10 rings (SSSR count). The normalized spacial score (nSPS) is 13.3. The van der Waals surface area contributed by atoms with Crippen molar-refractivity contribution in [2.45, 2.75) is 19.3 Å². The predicted octanol–water partition coefficient (Wildman–Crippen LogP) is 10.5. The first-order valence-corrected chi connectivity index (χ1v) is 16.7. The molecule has 0 saturated carbocycles. The Morgan fingerprint density at radius 2 is 1.06 bits per heavy atom. The second kappa shape index (κ2) is 10.3. The van der Waals surface area contributed by atoms with E-state index in [9.17, 15) is 0 Å². The van der Waals surface area contributed by atoms with E-state index in [1.54, 1.807) is 0 Å². The van der Waals surface area contributed by atoms with Crippen LogP contribution in [0.5, 0.6) is 0 Å². The first-order chi connectivity index (χ1) is 24.0. The Morgan fingerprint density at radius 1 is 0.449 bits per heavy atom. The zero-order valence-electron chi connectivity index (χ0n) is 27.2. The van der Waals surface area contributed by atoms with E-state index in [4.69, 9.17) is 15.0 Å².